The van der Waals surface area contributed by atoms with Crippen LogP contribution in [0.15, 0.2) is 12.1 Å². The molecule has 0 aliphatic rings. The first-order chi connectivity index (χ1) is 10.0. The third kappa shape index (κ3) is 3.46. The number of hydrogen-bond donors (Lipinski definition) is 1. The predicted molar refractivity (Wildman–Crippen MR) is 79.5 cm³/mol. The molecule has 0 fully saturated rings. The minimum absolute atomic E-state index is 0.0539. The quantitative estimate of drug-likeness (QED) is 0.801. The standard InChI is InChI=1S/C11H8Cl2N4O3S/c12-7-2-1-6(11(18)19)9(13)10(7)20-4-3-17-8(5-21)14-15-16-17/h1-2,5H,3-4H2,(H,18,19). The molecule has 1 heterocycles. The van der Waals surface area contributed by atoms with E-state index in [0.717, 1.165) is 0 Å². The van der Waals surface area contributed by atoms with Gasteiger partial charge in [0.15, 0.2) is 11.6 Å². The second-order valence-corrected chi connectivity index (χ2v) is 4.79. The summed E-state index contributed by atoms with van der Waals surface area (Å²) in [4.78, 5) is 11.0. The van der Waals surface area contributed by atoms with E-state index in [1.54, 1.807) is 0 Å². The second-order valence-electron chi connectivity index (χ2n) is 3.77. The number of carbonyl (C=O) groups is 1. The fraction of sp³-hybridized carbons (Fsp3) is 0.182. The van der Waals surface area contributed by atoms with Crippen molar-refractivity contribution in [1.29, 1.82) is 0 Å². The lowest BCUT2D eigenvalue weighted by Gasteiger charge is -2.11. The summed E-state index contributed by atoms with van der Waals surface area (Å²) in [7, 11) is 0. The van der Waals surface area contributed by atoms with Crippen LogP contribution in [0, 0.1) is 0 Å². The molecule has 0 spiro atoms. The van der Waals surface area contributed by atoms with E-state index in [9.17, 15) is 4.79 Å². The van der Waals surface area contributed by atoms with Crippen molar-refractivity contribution >= 4 is 46.8 Å². The van der Waals surface area contributed by atoms with Gasteiger partial charge >= 0.3 is 5.97 Å². The molecule has 110 valence electrons. The van der Waals surface area contributed by atoms with Gasteiger partial charge in [0.1, 0.15) is 6.61 Å². The van der Waals surface area contributed by atoms with E-state index < -0.39 is 5.97 Å². The van der Waals surface area contributed by atoms with Crippen LogP contribution >= 0.6 is 35.4 Å². The van der Waals surface area contributed by atoms with Crippen LogP contribution in [0.3, 0.4) is 0 Å². The first-order valence-electron chi connectivity index (χ1n) is 5.60. The molecule has 1 aromatic carbocycles. The number of carboxylic acids is 1. The average molecular weight is 347 g/mol. The lowest BCUT2D eigenvalue weighted by Crippen LogP contribution is -2.13. The topological polar surface area (TPSA) is 90.1 Å². The number of benzene rings is 1. The molecule has 0 bridgehead atoms. The molecule has 0 radical (unpaired) electrons. The highest BCUT2D eigenvalue weighted by Crippen LogP contribution is 2.35. The molecule has 0 aliphatic carbocycles. The van der Waals surface area contributed by atoms with Gasteiger partial charge in [0.05, 0.1) is 22.2 Å². The summed E-state index contributed by atoms with van der Waals surface area (Å²) < 4.78 is 6.88. The first kappa shape index (κ1) is 15.6. The van der Waals surface area contributed by atoms with Crippen molar-refractivity contribution in [2.75, 3.05) is 6.61 Å². The van der Waals surface area contributed by atoms with E-state index in [0.29, 0.717) is 12.4 Å². The van der Waals surface area contributed by atoms with Crippen molar-refractivity contribution in [3.63, 3.8) is 0 Å². The van der Waals surface area contributed by atoms with Gasteiger partial charge in [0.25, 0.3) is 0 Å². The van der Waals surface area contributed by atoms with Crippen LogP contribution in [0.1, 0.15) is 16.2 Å². The van der Waals surface area contributed by atoms with E-state index in [1.165, 1.54) is 22.2 Å². The van der Waals surface area contributed by atoms with Crippen molar-refractivity contribution in [1.82, 2.24) is 20.2 Å². The SMILES string of the molecule is O=C(O)c1ccc(Cl)c(OCCn2nnnc2C=S)c1Cl. The van der Waals surface area contributed by atoms with Gasteiger partial charge < -0.3 is 9.84 Å². The number of aromatic nitrogens is 4. The molecular formula is C11H8Cl2N4O3S. The van der Waals surface area contributed by atoms with Crippen LogP contribution in [0.25, 0.3) is 0 Å². The van der Waals surface area contributed by atoms with E-state index in [-0.39, 0.29) is 28.0 Å². The first-order valence-corrected chi connectivity index (χ1v) is 6.82. The summed E-state index contributed by atoms with van der Waals surface area (Å²) in [5.74, 6) is -0.634. The van der Waals surface area contributed by atoms with Gasteiger partial charge in [-0.05, 0) is 22.6 Å². The van der Waals surface area contributed by atoms with Crippen LogP contribution in [-0.4, -0.2) is 43.3 Å². The van der Waals surface area contributed by atoms with Crippen molar-refractivity contribution in [2.24, 2.45) is 0 Å². The maximum absolute atomic E-state index is 11.0. The van der Waals surface area contributed by atoms with Gasteiger partial charge in [-0.3, -0.25) is 0 Å². The maximum Gasteiger partial charge on any atom is 0.337 e. The Bertz CT molecular complexity index is 692. The highest BCUT2D eigenvalue weighted by molar-refractivity contribution is 7.79. The number of nitrogens with zero attached hydrogens (tertiary/aromatic N) is 4. The molecule has 0 saturated heterocycles. The molecule has 7 nitrogen and oxygen atoms in total. The second kappa shape index (κ2) is 6.79. The van der Waals surface area contributed by atoms with Crippen LogP contribution in [0.5, 0.6) is 5.75 Å². The molecule has 2 aromatic rings. The highest BCUT2D eigenvalue weighted by Gasteiger charge is 2.16. The number of aromatic carboxylic acids is 1. The summed E-state index contributed by atoms with van der Waals surface area (Å²) in [5.41, 5.74) is -0.0851. The molecule has 0 amide bonds. The lowest BCUT2D eigenvalue weighted by atomic mass is 10.2. The van der Waals surface area contributed by atoms with Crippen LogP contribution in [0.4, 0.5) is 0 Å². The number of tetrazole rings is 1. The molecule has 21 heavy (non-hydrogen) atoms. The number of hydrogen-bond acceptors (Lipinski definition) is 6. The Morgan fingerprint density at radius 2 is 2.24 bits per heavy atom. The summed E-state index contributed by atoms with van der Waals surface area (Å²) in [6.45, 7) is 0.448. The van der Waals surface area contributed by atoms with Gasteiger partial charge in [0, 0.05) is 5.37 Å². The minimum Gasteiger partial charge on any atom is -0.488 e. The van der Waals surface area contributed by atoms with Crippen molar-refractivity contribution in [2.45, 2.75) is 6.54 Å². The van der Waals surface area contributed by atoms with E-state index in [4.69, 9.17) is 45.3 Å². The summed E-state index contributed by atoms with van der Waals surface area (Å²) >= 11 is 16.7. The zero-order valence-corrected chi connectivity index (χ0v) is 12.7. The Morgan fingerprint density at radius 1 is 1.48 bits per heavy atom. The summed E-state index contributed by atoms with van der Waals surface area (Å²) in [6.07, 6.45) is 0. The van der Waals surface area contributed by atoms with E-state index in [2.05, 4.69) is 15.5 Å². The maximum atomic E-state index is 11.0. The third-order valence-corrected chi connectivity index (χ3v) is 3.38. The molecule has 0 atom stereocenters. The largest absolute Gasteiger partial charge is 0.488 e. The Morgan fingerprint density at radius 3 is 2.90 bits per heavy atom. The number of carboxylic acid groups (broad SMARTS) is 1. The summed E-state index contributed by atoms with van der Waals surface area (Å²) in [5, 5.41) is 21.4. The fourth-order valence-corrected chi connectivity index (χ4v) is 2.25. The molecule has 0 aliphatic heterocycles. The molecule has 1 aromatic heterocycles. The fourth-order valence-electron chi connectivity index (χ4n) is 1.52. The zero-order valence-electron chi connectivity index (χ0n) is 10.4. The third-order valence-electron chi connectivity index (χ3n) is 2.49. The number of rotatable bonds is 6. The highest BCUT2D eigenvalue weighted by atomic mass is 35.5. The number of halogens is 2. The van der Waals surface area contributed by atoms with Gasteiger partial charge in [-0.1, -0.05) is 35.4 Å². The molecule has 0 unspecified atom stereocenters. The van der Waals surface area contributed by atoms with Crippen LogP contribution < -0.4 is 4.74 Å². The number of ether oxygens (including phenoxy) is 1. The molecular weight excluding hydrogens is 339 g/mol. The Kier molecular flexibility index (Phi) is 5.05. The van der Waals surface area contributed by atoms with Crippen LogP contribution in [0.2, 0.25) is 10.0 Å². The smallest absolute Gasteiger partial charge is 0.337 e. The van der Waals surface area contributed by atoms with E-state index >= 15 is 0 Å². The molecule has 2 rings (SSSR count). The van der Waals surface area contributed by atoms with Gasteiger partial charge in [-0.15, -0.1) is 5.10 Å². The Labute approximate surface area is 134 Å². The predicted octanol–water partition coefficient (Wildman–Crippen LogP) is 2.10. The van der Waals surface area contributed by atoms with Crippen molar-refractivity contribution in [3.05, 3.63) is 33.6 Å². The zero-order chi connectivity index (χ0) is 15.4. The van der Waals surface area contributed by atoms with E-state index in [1.807, 2.05) is 0 Å². The average Bonchev–Trinajstić information content (AvgIpc) is 2.89. The molecule has 1 N–H and O–H groups in total. The van der Waals surface area contributed by atoms with Gasteiger partial charge in [0.2, 0.25) is 0 Å². The Balaban J connectivity index is 2.11. The lowest BCUT2D eigenvalue weighted by molar-refractivity contribution is 0.0696. The van der Waals surface area contributed by atoms with Crippen molar-refractivity contribution < 1.29 is 14.6 Å². The minimum atomic E-state index is -1.16. The van der Waals surface area contributed by atoms with Crippen molar-refractivity contribution in [3.8, 4) is 5.75 Å². The normalized spacial score (nSPS) is 10.4. The van der Waals surface area contributed by atoms with Gasteiger partial charge in [-0.25, -0.2) is 9.48 Å². The van der Waals surface area contributed by atoms with Crippen LogP contribution in [-0.2, 0) is 6.54 Å². The molecule has 10 heteroatoms. The monoisotopic (exact) mass is 346 g/mol. The molecule has 0 saturated carbocycles. The summed E-state index contributed by atoms with van der Waals surface area (Å²) in [6, 6.07) is 2.72. The Hall–Kier alpha value is -1.77. The van der Waals surface area contributed by atoms with Gasteiger partial charge in [-0.2, -0.15) is 0 Å². The number of thiocarbonyl (C=S) groups is 1.